The highest BCUT2D eigenvalue weighted by molar-refractivity contribution is 7.19. The number of thiophene rings is 1. The SMILES string of the molecule is COc1ccc(-c2nnc3c4c5c(sc4ncn23)CC[C@H](C)C5)cc1OC. The predicted octanol–water partition coefficient (Wildman–Crippen LogP) is 4.15. The van der Waals surface area contributed by atoms with E-state index in [2.05, 4.69) is 17.1 Å². The van der Waals surface area contributed by atoms with Crippen LogP contribution in [0.4, 0.5) is 0 Å². The van der Waals surface area contributed by atoms with Gasteiger partial charge in [-0.3, -0.25) is 4.40 Å². The number of nitrogens with zero attached hydrogens (tertiary/aromatic N) is 4. The molecule has 6 nitrogen and oxygen atoms in total. The van der Waals surface area contributed by atoms with Crippen molar-refractivity contribution in [2.45, 2.75) is 26.2 Å². The normalized spacial score (nSPS) is 16.6. The fourth-order valence-corrected chi connectivity index (χ4v) is 5.10. The van der Waals surface area contributed by atoms with Gasteiger partial charge in [0.15, 0.2) is 23.0 Å². The number of rotatable bonds is 3. The van der Waals surface area contributed by atoms with Gasteiger partial charge >= 0.3 is 0 Å². The maximum absolute atomic E-state index is 5.43. The number of methoxy groups -OCH3 is 2. The van der Waals surface area contributed by atoms with Crippen molar-refractivity contribution in [2.24, 2.45) is 5.92 Å². The summed E-state index contributed by atoms with van der Waals surface area (Å²) in [5.74, 6) is 2.81. The summed E-state index contributed by atoms with van der Waals surface area (Å²) in [5.41, 5.74) is 3.22. The van der Waals surface area contributed by atoms with E-state index in [1.54, 1.807) is 25.6 Å². The Morgan fingerprint density at radius 2 is 2.00 bits per heavy atom. The number of fused-ring (bicyclic) bond motifs is 5. The van der Waals surface area contributed by atoms with Crippen LogP contribution in [0.3, 0.4) is 0 Å². The van der Waals surface area contributed by atoms with Gasteiger partial charge in [-0.25, -0.2) is 4.98 Å². The Morgan fingerprint density at radius 3 is 2.81 bits per heavy atom. The van der Waals surface area contributed by atoms with Gasteiger partial charge < -0.3 is 9.47 Å². The topological polar surface area (TPSA) is 61.5 Å². The second-order valence-corrected chi connectivity index (χ2v) is 8.15. The maximum Gasteiger partial charge on any atom is 0.172 e. The molecule has 27 heavy (non-hydrogen) atoms. The average molecular weight is 380 g/mol. The fraction of sp³-hybridized carbons (Fsp3) is 0.350. The van der Waals surface area contributed by atoms with Crippen molar-refractivity contribution in [1.29, 1.82) is 0 Å². The zero-order valence-electron chi connectivity index (χ0n) is 15.5. The molecule has 0 amide bonds. The molecule has 0 aliphatic heterocycles. The van der Waals surface area contributed by atoms with E-state index < -0.39 is 0 Å². The van der Waals surface area contributed by atoms with E-state index in [0.29, 0.717) is 17.4 Å². The lowest BCUT2D eigenvalue weighted by Crippen LogP contribution is -2.09. The van der Waals surface area contributed by atoms with Crippen LogP contribution in [-0.4, -0.2) is 33.8 Å². The lowest BCUT2D eigenvalue weighted by atomic mass is 9.89. The first-order valence-corrected chi connectivity index (χ1v) is 9.87. The molecule has 1 aromatic carbocycles. The van der Waals surface area contributed by atoms with Crippen LogP contribution >= 0.6 is 11.3 Å². The molecule has 0 unspecified atom stereocenters. The van der Waals surface area contributed by atoms with E-state index in [0.717, 1.165) is 34.7 Å². The van der Waals surface area contributed by atoms with E-state index in [1.807, 2.05) is 28.9 Å². The zero-order valence-corrected chi connectivity index (χ0v) is 16.3. The van der Waals surface area contributed by atoms with Crippen LogP contribution in [0, 0.1) is 5.92 Å². The Bertz CT molecular complexity index is 1160. The molecule has 3 aromatic heterocycles. The lowest BCUT2D eigenvalue weighted by molar-refractivity contribution is 0.355. The smallest absolute Gasteiger partial charge is 0.172 e. The van der Waals surface area contributed by atoms with Crippen molar-refractivity contribution in [3.63, 3.8) is 0 Å². The van der Waals surface area contributed by atoms with Crippen LogP contribution in [0.5, 0.6) is 11.5 Å². The molecule has 0 fully saturated rings. The molecule has 1 atom stereocenters. The van der Waals surface area contributed by atoms with E-state index >= 15 is 0 Å². The van der Waals surface area contributed by atoms with E-state index in [4.69, 9.17) is 14.5 Å². The Labute approximate surface area is 160 Å². The van der Waals surface area contributed by atoms with Gasteiger partial charge in [-0.15, -0.1) is 21.5 Å². The number of hydrogen-bond donors (Lipinski definition) is 0. The molecule has 7 heteroatoms. The van der Waals surface area contributed by atoms with Gasteiger partial charge in [0, 0.05) is 10.4 Å². The van der Waals surface area contributed by atoms with E-state index in [-0.39, 0.29) is 0 Å². The third-order valence-corrected chi connectivity index (χ3v) is 6.54. The second kappa shape index (κ2) is 6.20. The first kappa shape index (κ1) is 16.5. The quantitative estimate of drug-likeness (QED) is 0.534. The minimum Gasteiger partial charge on any atom is -0.493 e. The van der Waals surface area contributed by atoms with Crippen molar-refractivity contribution >= 4 is 27.2 Å². The molecule has 0 radical (unpaired) electrons. The van der Waals surface area contributed by atoms with Gasteiger partial charge in [-0.05, 0) is 48.9 Å². The third kappa shape index (κ3) is 2.49. The van der Waals surface area contributed by atoms with Gasteiger partial charge in [0.1, 0.15) is 11.2 Å². The molecule has 0 saturated heterocycles. The molecule has 138 valence electrons. The van der Waals surface area contributed by atoms with Gasteiger partial charge in [0.2, 0.25) is 0 Å². The Hall–Kier alpha value is -2.67. The fourth-order valence-electron chi connectivity index (χ4n) is 3.92. The maximum atomic E-state index is 5.43. The molecule has 0 spiro atoms. The molecule has 0 bridgehead atoms. The minimum atomic E-state index is 0.669. The van der Waals surface area contributed by atoms with Gasteiger partial charge in [0.25, 0.3) is 0 Å². The van der Waals surface area contributed by atoms with Crippen LogP contribution in [-0.2, 0) is 12.8 Å². The van der Waals surface area contributed by atoms with Crippen molar-refractivity contribution < 1.29 is 9.47 Å². The molecule has 1 aliphatic rings. The predicted molar refractivity (Wildman–Crippen MR) is 106 cm³/mol. The van der Waals surface area contributed by atoms with Crippen LogP contribution in [0.15, 0.2) is 24.5 Å². The zero-order chi connectivity index (χ0) is 18.5. The summed E-state index contributed by atoms with van der Waals surface area (Å²) in [6.45, 7) is 2.32. The number of hydrogen-bond acceptors (Lipinski definition) is 6. The number of aromatic nitrogens is 4. The lowest BCUT2D eigenvalue weighted by Gasteiger charge is -2.17. The highest BCUT2D eigenvalue weighted by Crippen LogP contribution is 2.39. The molecule has 5 rings (SSSR count). The largest absolute Gasteiger partial charge is 0.493 e. The number of benzene rings is 1. The summed E-state index contributed by atoms with van der Waals surface area (Å²) in [4.78, 5) is 7.24. The summed E-state index contributed by atoms with van der Waals surface area (Å²) in [6.07, 6.45) is 5.31. The van der Waals surface area contributed by atoms with Crippen molar-refractivity contribution in [2.75, 3.05) is 14.2 Å². The minimum absolute atomic E-state index is 0.669. The average Bonchev–Trinajstić information content (AvgIpc) is 3.28. The van der Waals surface area contributed by atoms with Crippen molar-refractivity contribution in [1.82, 2.24) is 19.6 Å². The van der Waals surface area contributed by atoms with Gasteiger partial charge in [0.05, 0.1) is 19.6 Å². The van der Waals surface area contributed by atoms with Crippen LogP contribution in [0.2, 0.25) is 0 Å². The number of ether oxygens (including phenoxy) is 2. The van der Waals surface area contributed by atoms with Crippen molar-refractivity contribution in [3.05, 3.63) is 35.0 Å². The molecule has 1 aliphatic carbocycles. The second-order valence-electron chi connectivity index (χ2n) is 7.06. The molecule has 3 heterocycles. The molecule has 0 N–H and O–H groups in total. The Morgan fingerprint density at radius 1 is 1.15 bits per heavy atom. The molecular weight excluding hydrogens is 360 g/mol. The first-order chi connectivity index (χ1) is 13.2. The summed E-state index contributed by atoms with van der Waals surface area (Å²) < 4.78 is 12.8. The third-order valence-electron chi connectivity index (χ3n) is 5.34. The Balaban J connectivity index is 1.72. The number of aryl methyl sites for hydroxylation is 1. The van der Waals surface area contributed by atoms with Gasteiger partial charge in [-0.2, -0.15) is 0 Å². The molecule has 4 aromatic rings. The summed E-state index contributed by atoms with van der Waals surface area (Å²) in [7, 11) is 3.26. The Kier molecular flexibility index (Phi) is 3.79. The van der Waals surface area contributed by atoms with Crippen LogP contribution in [0.1, 0.15) is 23.8 Å². The van der Waals surface area contributed by atoms with E-state index in [9.17, 15) is 0 Å². The molecule has 0 saturated carbocycles. The van der Waals surface area contributed by atoms with Crippen molar-refractivity contribution in [3.8, 4) is 22.9 Å². The summed E-state index contributed by atoms with van der Waals surface area (Å²) >= 11 is 1.80. The molecular formula is C20H20N4O2S. The standard InChI is InChI=1S/C20H20N4O2S/c1-11-4-7-16-13(8-11)17-19-23-22-18(24(19)10-21-20(17)27-16)12-5-6-14(25-2)15(9-12)26-3/h5-6,9-11H,4,7-8H2,1-3H3/t11-/m0/s1. The van der Waals surface area contributed by atoms with E-state index in [1.165, 1.54) is 22.2 Å². The summed E-state index contributed by atoms with van der Waals surface area (Å²) in [6, 6.07) is 5.77. The van der Waals surface area contributed by atoms with Gasteiger partial charge in [-0.1, -0.05) is 6.92 Å². The first-order valence-electron chi connectivity index (χ1n) is 9.06. The van der Waals surface area contributed by atoms with Crippen LogP contribution < -0.4 is 9.47 Å². The monoisotopic (exact) mass is 380 g/mol. The summed E-state index contributed by atoms with van der Waals surface area (Å²) in [5, 5.41) is 10.2. The van der Waals surface area contributed by atoms with Crippen LogP contribution in [0.25, 0.3) is 27.3 Å². The highest BCUT2D eigenvalue weighted by atomic mass is 32.1. The highest BCUT2D eigenvalue weighted by Gasteiger charge is 2.24.